The molecule has 1 aromatic rings. The van der Waals surface area contributed by atoms with E-state index in [2.05, 4.69) is 10.3 Å². The first-order chi connectivity index (χ1) is 7.52. The molecule has 6 heteroatoms. The van der Waals surface area contributed by atoms with Crippen LogP contribution in [0.2, 0.25) is 0 Å². The second-order valence-electron chi connectivity index (χ2n) is 3.83. The molecule has 1 heterocycles. The minimum absolute atomic E-state index is 0.0577. The Balaban J connectivity index is 2.31. The lowest BCUT2D eigenvalue weighted by molar-refractivity contribution is -0.137. The summed E-state index contributed by atoms with van der Waals surface area (Å²) in [5.41, 5.74) is 0.634. The molecular formula is C10H13F3N2S. The van der Waals surface area contributed by atoms with E-state index in [4.69, 9.17) is 0 Å². The van der Waals surface area contributed by atoms with Gasteiger partial charge in [0.1, 0.15) is 0 Å². The lowest BCUT2D eigenvalue weighted by atomic mass is 9.98. The zero-order chi connectivity index (χ0) is 11.8. The van der Waals surface area contributed by atoms with Crippen LogP contribution < -0.4 is 5.32 Å². The van der Waals surface area contributed by atoms with Gasteiger partial charge in [-0.25, -0.2) is 4.98 Å². The summed E-state index contributed by atoms with van der Waals surface area (Å²) in [4.78, 5) is 4.49. The molecule has 1 atom stereocenters. The van der Waals surface area contributed by atoms with Gasteiger partial charge in [-0.3, -0.25) is 0 Å². The summed E-state index contributed by atoms with van der Waals surface area (Å²) in [5, 5.41) is 2.50. The number of thiazole rings is 1. The Morgan fingerprint density at radius 3 is 2.88 bits per heavy atom. The second kappa shape index (κ2) is 4.33. The van der Waals surface area contributed by atoms with Crippen LogP contribution in [-0.4, -0.2) is 11.5 Å². The maximum absolute atomic E-state index is 12.5. The molecule has 1 aliphatic rings. The summed E-state index contributed by atoms with van der Waals surface area (Å²) < 4.78 is 37.5. The van der Waals surface area contributed by atoms with Gasteiger partial charge in [-0.2, -0.15) is 13.2 Å². The van der Waals surface area contributed by atoms with E-state index in [1.807, 2.05) is 6.92 Å². The Morgan fingerprint density at radius 2 is 2.25 bits per heavy atom. The molecule has 0 aliphatic heterocycles. The highest BCUT2D eigenvalue weighted by molar-refractivity contribution is 7.12. The summed E-state index contributed by atoms with van der Waals surface area (Å²) in [6, 6.07) is 0.0577. The average Bonchev–Trinajstić information content (AvgIpc) is 2.62. The van der Waals surface area contributed by atoms with E-state index in [1.54, 1.807) is 0 Å². The molecule has 0 saturated heterocycles. The van der Waals surface area contributed by atoms with Crippen molar-refractivity contribution >= 4 is 11.3 Å². The predicted octanol–water partition coefficient (Wildman–Crippen LogP) is 3.15. The molecule has 0 radical (unpaired) electrons. The third kappa shape index (κ3) is 2.22. The largest absolute Gasteiger partial charge is 0.443 e. The van der Waals surface area contributed by atoms with Crippen LogP contribution >= 0.6 is 11.3 Å². The van der Waals surface area contributed by atoms with Gasteiger partial charge in [0.25, 0.3) is 0 Å². The topological polar surface area (TPSA) is 24.9 Å². The number of nitrogens with one attached hydrogen (secondary N) is 1. The van der Waals surface area contributed by atoms with E-state index in [9.17, 15) is 13.2 Å². The van der Waals surface area contributed by atoms with Gasteiger partial charge < -0.3 is 5.32 Å². The molecule has 0 spiro atoms. The monoisotopic (exact) mass is 250 g/mol. The van der Waals surface area contributed by atoms with Gasteiger partial charge in [0.05, 0.1) is 5.69 Å². The molecule has 1 aliphatic carbocycles. The number of fused-ring (bicyclic) bond motifs is 1. The zero-order valence-electron chi connectivity index (χ0n) is 8.90. The first kappa shape index (κ1) is 11.9. The van der Waals surface area contributed by atoms with E-state index in [0.717, 1.165) is 35.6 Å². The molecular weight excluding hydrogens is 237 g/mol. The molecule has 2 rings (SSSR count). The summed E-state index contributed by atoms with van der Waals surface area (Å²) >= 11 is 0.792. The number of aromatic nitrogens is 1. The van der Waals surface area contributed by atoms with Crippen LogP contribution in [0.4, 0.5) is 13.2 Å². The van der Waals surface area contributed by atoms with Crippen molar-refractivity contribution in [2.24, 2.45) is 0 Å². The highest BCUT2D eigenvalue weighted by atomic mass is 32.1. The Hall–Kier alpha value is -0.620. The van der Waals surface area contributed by atoms with E-state index in [1.165, 1.54) is 0 Å². The van der Waals surface area contributed by atoms with Crippen LogP contribution in [0.15, 0.2) is 0 Å². The number of rotatable bonds is 2. The van der Waals surface area contributed by atoms with Crippen LogP contribution in [0, 0.1) is 0 Å². The van der Waals surface area contributed by atoms with E-state index in [0.29, 0.717) is 12.1 Å². The van der Waals surface area contributed by atoms with Crippen molar-refractivity contribution in [1.82, 2.24) is 10.3 Å². The Kier molecular flexibility index (Phi) is 3.21. The van der Waals surface area contributed by atoms with Gasteiger partial charge in [0.2, 0.25) is 0 Å². The SMILES string of the molecule is CCNC1CCCc2nc(C(F)(F)F)sc21. The zero-order valence-corrected chi connectivity index (χ0v) is 9.71. The molecule has 0 saturated carbocycles. The van der Waals surface area contributed by atoms with E-state index >= 15 is 0 Å². The van der Waals surface area contributed by atoms with E-state index in [-0.39, 0.29) is 6.04 Å². The highest BCUT2D eigenvalue weighted by Gasteiger charge is 2.37. The fourth-order valence-electron chi connectivity index (χ4n) is 1.98. The summed E-state index contributed by atoms with van der Waals surface area (Å²) in [7, 11) is 0. The maximum atomic E-state index is 12.5. The smallest absolute Gasteiger partial charge is 0.309 e. The molecule has 0 amide bonds. The van der Waals surface area contributed by atoms with Crippen molar-refractivity contribution in [3.8, 4) is 0 Å². The molecule has 16 heavy (non-hydrogen) atoms. The molecule has 0 bridgehead atoms. The van der Waals surface area contributed by atoms with Crippen LogP contribution in [0.1, 0.15) is 41.4 Å². The molecule has 0 fully saturated rings. The van der Waals surface area contributed by atoms with Gasteiger partial charge in [-0.1, -0.05) is 6.92 Å². The molecule has 1 unspecified atom stereocenters. The van der Waals surface area contributed by atoms with Crippen LogP contribution in [0.5, 0.6) is 0 Å². The first-order valence-corrected chi connectivity index (χ1v) is 6.14. The van der Waals surface area contributed by atoms with Crippen LogP contribution in [0.25, 0.3) is 0 Å². The average molecular weight is 250 g/mol. The lowest BCUT2D eigenvalue weighted by Crippen LogP contribution is -2.23. The number of nitrogens with zero attached hydrogens (tertiary/aromatic N) is 1. The van der Waals surface area contributed by atoms with Crippen LogP contribution in [0.3, 0.4) is 0 Å². The number of hydrogen-bond acceptors (Lipinski definition) is 3. The van der Waals surface area contributed by atoms with Crippen molar-refractivity contribution < 1.29 is 13.2 Å². The van der Waals surface area contributed by atoms with Crippen molar-refractivity contribution in [1.29, 1.82) is 0 Å². The molecule has 90 valence electrons. The van der Waals surface area contributed by atoms with Crippen molar-refractivity contribution in [2.45, 2.75) is 38.4 Å². The number of aryl methyl sites for hydroxylation is 1. The van der Waals surface area contributed by atoms with Gasteiger partial charge in [-0.05, 0) is 25.8 Å². The number of halogens is 3. The fraction of sp³-hybridized carbons (Fsp3) is 0.700. The Morgan fingerprint density at radius 1 is 1.50 bits per heavy atom. The normalized spacial score (nSPS) is 20.9. The lowest BCUT2D eigenvalue weighted by Gasteiger charge is -2.21. The third-order valence-electron chi connectivity index (χ3n) is 2.64. The minimum Gasteiger partial charge on any atom is -0.309 e. The van der Waals surface area contributed by atoms with Crippen LogP contribution in [-0.2, 0) is 12.6 Å². The van der Waals surface area contributed by atoms with Crippen molar-refractivity contribution in [3.05, 3.63) is 15.6 Å². The van der Waals surface area contributed by atoms with E-state index < -0.39 is 11.2 Å². The van der Waals surface area contributed by atoms with Crippen molar-refractivity contribution in [3.63, 3.8) is 0 Å². The molecule has 1 N–H and O–H groups in total. The van der Waals surface area contributed by atoms with Gasteiger partial charge >= 0.3 is 6.18 Å². The fourth-order valence-corrected chi connectivity index (χ4v) is 3.07. The summed E-state index contributed by atoms with van der Waals surface area (Å²) in [6.07, 6.45) is -1.82. The maximum Gasteiger partial charge on any atom is 0.443 e. The number of hydrogen-bond donors (Lipinski definition) is 1. The minimum atomic E-state index is -4.31. The third-order valence-corrected chi connectivity index (χ3v) is 3.90. The highest BCUT2D eigenvalue weighted by Crippen LogP contribution is 2.40. The summed E-state index contributed by atoms with van der Waals surface area (Å²) in [6.45, 7) is 2.73. The van der Waals surface area contributed by atoms with Crippen molar-refractivity contribution in [2.75, 3.05) is 6.54 Å². The second-order valence-corrected chi connectivity index (χ2v) is 4.86. The Bertz CT molecular complexity index is 373. The van der Waals surface area contributed by atoms with Gasteiger partial charge in [0, 0.05) is 10.9 Å². The molecule has 1 aromatic heterocycles. The van der Waals surface area contributed by atoms with Gasteiger partial charge in [0.15, 0.2) is 5.01 Å². The standard InChI is InChI=1S/C10H13F3N2S/c1-2-14-6-4-3-5-7-8(6)16-9(15-7)10(11,12)13/h6,14H,2-5H2,1H3. The Labute approximate surface area is 95.9 Å². The molecule has 0 aromatic carbocycles. The first-order valence-electron chi connectivity index (χ1n) is 5.32. The summed E-state index contributed by atoms with van der Waals surface area (Å²) in [5.74, 6) is 0. The predicted molar refractivity (Wildman–Crippen MR) is 56.5 cm³/mol. The molecule has 2 nitrogen and oxygen atoms in total. The van der Waals surface area contributed by atoms with Gasteiger partial charge in [-0.15, -0.1) is 11.3 Å². The number of alkyl halides is 3. The quantitative estimate of drug-likeness (QED) is 0.872.